The van der Waals surface area contributed by atoms with Crippen LogP contribution in [0.3, 0.4) is 0 Å². The monoisotopic (exact) mass is 499 g/mol. The van der Waals surface area contributed by atoms with Gasteiger partial charge in [-0.3, -0.25) is 9.89 Å². The van der Waals surface area contributed by atoms with Gasteiger partial charge in [0.25, 0.3) is 0 Å². The number of hydrogen-bond acceptors (Lipinski definition) is 4. The lowest BCUT2D eigenvalue weighted by atomic mass is 10.00. The summed E-state index contributed by atoms with van der Waals surface area (Å²) in [4.78, 5) is 12.6. The molecule has 0 fully saturated rings. The molecule has 148 valence electrons. The summed E-state index contributed by atoms with van der Waals surface area (Å²) in [7, 11) is 1.82. The molecular formula is C20H30IN5S. The second kappa shape index (κ2) is 11.6. The van der Waals surface area contributed by atoms with Crippen LogP contribution in [0.15, 0.2) is 35.5 Å². The Morgan fingerprint density at radius 2 is 2.00 bits per heavy atom. The predicted octanol–water partition coefficient (Wildman–Crippen LogP) is 3.09. The van der Waals surface area contributed by atoms with Gasteiger partial charge in [-0.15, -0.1) is 35.3 Å². The van der Waals surface area contributed by atoms with Crippen molar-refractivity contribution >= 4 is 41.3 Å². The van der Waals surface area contributed by atoms with Gasteiger partial charge in [-0.05, 0) is 24.0 Å². The normalized spacial score (nSPS) is 14.4. The van der Waals surface area contributed by atoms with E-state index >= 15 is 0 Å². The van der Waals surface area contributed by atoms with E-state index in [0.29, 0.717) is 0 Å². The lowest BCUT2D eigenvalue weighted by molar-refractivity contribution is 0.258. The Hall–Kier alpha value is -1.19. The average molecular weight is 499 g/mol. The van der Waals surface area contributed by atoms with Crippen molar-refractivity contribution in [2.45, 2.75) is 32.7 Å². The fourth-order valence-electron chi connectivity index (χ4n) is 3.21. The van der Waals surface area contributed by atoms with Gasteiger partial charge in [0.15, 0.2) is 5.96 Å². The summed E-state index contributed by atoms with van der Waals surface area (Å²) >= 11 is 1.81. The van der Waals surface area contributed by atoms with Crippen LogP contribution in [0.4, 0.5) is 0 Å². The van der Waals surface area contributed by atoms with Crippen LogP contribution in [0.1, 0.15) is 27.9 Å². The first-order valence-electron chi connectivity index (χ1n) is 9.45. The molecule has 1 aromatic carbocycles. The topological polar surface area (TPSA) is 52.6 Å². The second-order valence-corrected chi connectivity index (χ2v) is 7.74. The molecular weight excluding hydrogens is 469 g/mol. The van der Waals surface area contributed by atoms with Crippen molar-refractivity contribution < 1.29 is 0 Å². The number of guanidine groups is 1. The minimum absolute atomic E-state index is 0. The number of halogens is 1. The summed E-state index contributed by atoms with van der Waals surface area (Å²) in [6.45, 7) is 7.14. The number of aryl methyl sites for hydroxylation is 1. The molecule has 27 heavy (non-hydrogen) atoms. The summed E-state index contributed by atoms with van der Waals surface area (Å²) in [5.74, 6) is 0.870. The van der Waals surface area contributed by atoms with Crippen LogP contribution in [0.5, 0.6) is 0 Å². The Labute approximate surface area is 183 Å². The van der Waals surface area contributed by atoms with Crippen LogP contribution >= 0.6 is 35.3 Å². The molecule has 2 heterocycles. The number of thiazole rings is 1. The minimum Gasteiger partial charge on any atom is -0.356 e. The lowest BCUT2D eigenvalue weighted by Crippen LogP contribution is -2.43. The SMILES string of the molecule is CCc1cnc(CCNC(=NC)NCCN2CCc3ccccc3C2)s1.I. The van der Waals surface area contributed by atoms with Crippen molar-refractivity contribution in [2.24, 2.45) is 4.99 Å². The van der Waals surface area contributed by atoms with E-state index in [-0.39, 0.29) is 24.0 Å². The van der Waals surface area contributed by atoms with E-state index in [1.54, 1.807) is 11.3 Å². The van der Waals surface area contributed by atoms with Gasteiger partial charge in [0.2, 0.25) is 0 Å². The Morgan fingerprint density at radius 1 is 1.22 bits per heavy atom. The quantitative estimate of drug-likeness (QED) is 0.350. The van der Waals surface area contributed by atoms with E-state index in [9.17, 15) is 0 Å². The molecule has 0 spiro atoms. The highest BCUT2D eigenvalue weighted by atomic mass is 127. The van der Waals surface area contributed by atoms with Crippen molar-refractivity contribution in [3.8, 4) is 0 Å². The third kappa shape index (κ3) is 6.73. The molecule has 1 aliphatic rings. The van der Waals surface area contributed by atoms with Crippen molar-refractivity contribution in [1.82, 2.24) is 20.5 Å². The zero-order valence-electron chi connectivity index (χ0n) is 16.2. The summed E-state index contributed by atoms with van der Waals surface area (Å²) in [5, 5.41) is 8.00. The highest BCUT2D eigenvalue weighted by Crippen LogP contribution is 2.17. The Balaban J connectivity index is 0.00000261. The largest absolute Gasteiger partial charge is 0.356 e. The molecule has 1 aromatic heterocycles. The molecule has 0 radical (unpaired) electrons. The first kappa shape index (κ1) is 22.1. The maximum Gasteiger partial charge on any atom is 0.191 e. The van der Waals surface area contributed by atoms with Gasteiger partial charge in [0.1, 0.15) is 0 Å². The highest BCUT2D eigenvalue weighted by molar-refractivity contribution is 14.0. The van der Waals surface area contributed by atoms with Crippen LogP contribution in [0.25, 0.3) is 0 Å². The van der Waals surface area contributed by atoms with Crippen LogP contribution in [0.2, 0.25) is 0 Å². The van der Waals surface area contributed by atoms with Crippen molar-refractivity contribution in [3.63, 3.8) is 0 Å². The van der Waals surface area contributed by atoms with Gasteiger partial charge in [0.05, 0.1) is 5.01 Å². The molecule has 7 heteroatoms. The van der Waals surface area contributed by atoms with Crippen molar-refractivity contribution in [1.29, 1.82) is 0 Å². The molecule has 0 amide bonds. The van der Waals surface area contributed by atoms with Crippen LogP contribution in [-0.2, 0) is 25.8 Å². The Morgan fingerprint density at radius 3 is 2.74 bits per heavy atom. The van der Waals surface area contributed by atoms with Gasteiger partial charge >= 0.3 is 0 Å². The number of rotatable bonds is 7. The lowest BCUT2D eigenvalue weighted by Gasteiger charge is -2.28. The molecule has 5 nitrogen and oxygen atoms in total. The first-order chi connectivity index (χ1) is 12.8. The number of nitrogens with one attached hydrogen (secondary N) is 2. The van der Waals surface area contributed by atoms with Gasteiger partial charge in [-0.2, -0.15) is 0 Å². The maximum atomic E-state index is 4.46. The van der Waals surface area contributed by atoms with Crippen molar-refractivity contribution in [3.05, 3.63) is 51.5 Å². The van der Waals surface area contributed by atoms with Crippen LogP contribution in [0, 0.1) is 0 Å². The third-order valence-electron chi connectivity index (χ3n) is 4.74. The standard InChI is InChI=1S/C20H29N5S.HI/c1-3-18-14-24-19(26-18)8-10-22-20(21-2)23-11-13-25-12-9-16-6-4-5-7-17(16)15-25;/h4-7,14H,3,8-13,15H2,1-2H3,(H2,21,22,23);1H. The van der Waals surface area contributed by atoms with Gasteiger partial charge in [0, 0.05) is 57.3 Å². The summed E-state index contributed by atoms with van der Waals surface area (Å²) in [6, 6.07) is 8.78. The van der Waals surface area contributed by atoms with E-state index in [2.05, 4.69) is 56.7 Å². The average Bonchev–Trinajstić information content (AvgIpc) is 3.14. The summed E-state index contributed by atoms with van der Waals surface area (Å²) in [6.07, 6.45) is 5.14. The first-order valence-corrected chi connectivity index (χ1v) is 10.3. The molecule has 0 saturated heterocycles. The number of benzene rings is 1. The predicted molar refractivity (Wildman–Crippen MR) is 125 cm³/mol. The number of nitrogens with zero attached hydrogens (tertiary/aromatic N) is 3. The number of aliphatic imine (C=N–C) groups is 1. The van der Waals surface area contributed by atoms with E-state index in [4.69, 9.17) is 0 Å². The number of fused-ring (bicyclic) bond motifs is 1. The molecule has 0 saturated carbocycles. The summed E-state index contributed by atoms with van der Waals surface area (Å²) < 4.78 is 0. The van der Waals surface area contributed by atoms with Crippen LogP contribution < -0.4 is 10.6 Å². The third-order valence-corrected chi connectivity index (χ3v) is 5.94. The number of aromatic nitrogens is 1. The molecule has 0 aliphatic carbocycles. The second-order valence-electron chi connectivity index (χ2n) is 6.54. The van der Waals surface area contributed by atoms with Gasteiger partial charge in [-0.25, -0.2) is 4.98 Å². The molecule has 2 aromatic rings. The molecule has 2 N–H and O–H groups in total. The molecule has 0 bridgehead atoms. The zero-order chi connectivity index (χ0) is 18.2. The fraction of sp³-hybridized carbons (Fsp3) is 0.500. The van der Waals surface area contributed by atoms with E-state index in [1.165, 1.54) is 21.0 Å². The van der Waals surface area contributed by atoms with Crippen LogP contribution in [-0.4, -0.2) is 49.1 Å². The molecule has 3 rings (SSSR count). The smallest absolute Gasteiger partial charge is 0.191 e. The minimum atomic E-state index is 0. The number of hydrogen-bond donors (Lipinski definition) is 2. The Bertz CT molecular complexity index is 731. The van der Waals surface area contributed by atoms with Gasteiger partial charge < -0.3 is 10.6 Å². The van der Waals surface area contributed by atoms with Gasteiger partial charge in [-0.1, -0.05) is 31.2 Å². The highest BCUT2D eigenvalue weighted by Gasteiger charge is 2.15. The van der Waals surface area contributed by atoms with E-state index < -0.39 is 0 Å². The fourth-order valence-corrected chi connectivity index (χ4v) is 4.07. The zero-order valence-corrected chi connectivity index (χ0v) is 19.3. The molecule has 0 unspecified atom stereocenters. The Kier molecular flexibility index (Phi) is 9.50. The van der Waals surface area contributed by atoms with E-state index in [0.717, 1.165) is 57.9 Å². The molecule has 1 aliphatic heterocycles. The summed E-state index contributed by atoms with van der Waals surface area (Å²) in [5.41, 5.74) is 2.97. The van der Waals surface area contributed by atoms with Crippen molar-refractivity contribution in [2.75, 3.05) is 33.2 Å². The molecule has 0 atom stereocenters. The van der Waals surface area contributed by atoms with E-state index in [1.807, 2.05) is 13.2 Å². The maximum absolute atomic E-state index is 4.46.